The number of carbonyl (C=O) groups excluding carboxylic acids is 1. The number of aromatic amines is 1. The molecule has 3 aromatic rings. The number of ether oxygens (including phenoxy) is 1. The number of aromatic nitrogens is 4. The second-order valence-electron chi connectivity index (χ2n) is 6.53. The van der Waals surface area contributed by atoms with Crippen LogP contribution in [0.5, 0.6) is 0 Å². The molecule has 0 unspecified atom stereocenters. The summed E-state index contributed by atoms with van der Waals surface area (Å²) in [6, 6.07) is 7.92. The van der Waals surface area contributed by atoms with E-state index in [2.05, 4.69) is 21.3 Å². The predicted octanol–water partition coefficient (Wildman–Crippen LogP) is 3.24. The number of methoxy groups -OCH3 is 1. The Balaban J connectivity index is 1.52. The molecule has 0 aliphatic heterocycles. The third kappa shape index (κ3) is 3.72. The molecule has 0 atom stereocenters. The molecule has 2 aromatic heterocycles. The molecule has 8 heteroatoms. The zero-order valence-electron chi connectivity index (χ0n) is 15.4. The number of fused-ring (bicyclic) bond motifs is 3. The van der Waals surface area contributed by atoms with Crippen LogP contribution >= 0.6 is 11.8 Å². The number of rotatable bonds is 7. The van der Waals surface area contributed by atoms with Crippen LogP contribution in [0.4, 0.5) is 0 Å². The number of allylic oxidation sites excluding steroid dienone is 2. The van der Waals surface area contributed by atoms with E-state index in [1.165, 1.54) is 18.2 Å². The average Bonchev–Trinajstić information content (AvgIpc) is 3.27. The molecule has 4 rings (SSSR count). The summed E-state index contributed by atoms with van der Waals surface area (Å²) in [5, 5.41) is 8.04. The van der Waals surface area contributed by atoms with Gasteiger partial charge in [-0.25, -0.2) is 10.1 Å². The SMILES string of the molecule is COCCN(C(=O)CSc1n[nH]c2nc3ccccc3n12)C1=CCCCC1. The van der Waals surface area contributed by atoms with Crippen LogP contribution < -0.4 is 0 Å². The van der Waals surface area contributed by atoms with Crippen LogP contribution in [-0.2, 0) is 9.53 Å². The predicted molar refractivity (Wildman–Crippen MR) is 106 cm³/mol. The minimum Gasteiger partial charge on any atom is -0.383 e. The van der Waals surface area contributed by atoms with E-state index in [-0.39, 0.29) is 5.91 Å². The van der Waals surface area contributed by atoms with Crippen LogP contribution in [0, 0.1) is 0 Å². The molecule has 0 spiro atoms. The lowest BCUT2D eigenvalue weighted by Gasteiger charge is -2.27. The lowest BCUT2D eigenvalue weighted by Crippen LogP contribution is -2.35. The van der Waals surface area contributed by atoms with Crippen molar-refractivity contribution in [3.8, 4) is 0 Å². The first kappa shape index (κ1) is 18.1. The van der Waals surface area contributed by atoms with Crippen LogP contribution in [0.15, 0.2) is 41.2 Å². The van der Waals surface area contributed by atoms with Crippen molar-refractivity contribution in [3.63, 3.8) is 0 Å². The van der Waals surface area contributed by atoms with E-state index < -0.39 is 0 Å². The Morgan fingerprint density at radius 3 is 3.07 bits per heavy atom. The van der Waals surface area contributed by atoms with Crippen molar-refractivity contribution >= 4 is 34.5 Å². The summed E-state index contributed by atoms with van der Waals surface area (Å²) in [5.74, 6) is 1.11. The van der Waals surface area contributed by atoms with Gasteiger partial charge >= 0.3 is 0 Å². The topological polar surface area (TPSA) is 75.5 Å². The van der Waals surface area contributed by atoms with Crippen LogP contribution in [0.1, 0.15) is 25.7 Å². The van der Waals surface area contributed by atoms with Crippen molar-refractivity contribution in [1.82, 2.24) is 24.5 Å². The van der Waals surface area contributed by atoms with E-state index in [1.807, 2.05) is 33.6 Å². The Kier molecular flexibility index (Phi) is 5.45. The van der Waals surface area contributed by atoms with Crippen LogP contribution in [0.2, 0.25) is 0 Å². The van der Waals surface area contributed by atoms with Gasteiger partial charge in [-0.1, -0.05) is 30.0 Å². The molecule has 2 heterocycles. The lowest BCUT2D eigenvalue weighted by atomic mass is 10.0. The van der Waals surface area contributed by atoms with E-state index in [0.717, 1.165) is 41.1 Å². The summed E-state index contributed by atoms with van der Waals surface area (Å²) in [6.45, 7) is 1.12. The standard InChI is InChI=1S/C19H23N5O2S/c1-26-12-11-23(14-7-3-2-4-8-14)17(25)13-27-19-22-21-18-20-15-9-5-6-10-16(15)24(18)19/h5-7,9-10H,2-4,8,11-13H2,1H3,(H,20,21). The molecule has 1 amide bonds. The van der Waals surface area contributed by atoms with Gasteiger partial charge < -0.3 is 9.64 Å². The first-order valence-corrected chi connectivity index (χ1v) is 10.2. The molecular weight excluding hydrogens is 362 g/mol. The zero-order chi connectivity index (χ0) is 18.6. The van der Waals surface area contributed by atoms with E-state index >= 15 is 0 Å². The zero-order valence-corrected chi connectivity index (χ0v) is 16.2. The highest BCUT2D eigenvalue weighted by molar-refractivity contribution is 7.99. The maximum atomic E-state index is 12.9. The van der Waals surface area contributed by atoms with Gasteiger partial charge in [-0.15, -0.1) is 5.10 Å². The molecule has 0 bridgehead atoms. The Morgan fingerprint density at radius 2 is 2.26 bits per heavy atom. The summed E-state index contributed by atoms with van der Waals surface area (Å²) in [7, 11) is 1.66. The van der Waals surface area contributed by atoms with E-state index in [9.17, 15) is 4.79 Å². The maximum absolute atomic E-state index is 12.9. The van der Waals surface area contributed by atoms with Gasteiger partial charge in [0.2, 0.25) is 11.7 Å². The second-order valence-corrected chi connectivity index (χ2v) is 7.48. The van der Waals surface area contributed by atoms with E-state index in [4.69, 9.17) is 4.74 Å². The third-order valence-corrected chi connectivity index (χ3v) is 5.69. The van der Waals surface area contributed by atoms with Gasteiger partial charge in [0.15, 0.2) is 5.16 Å². The summed E-state index contributed by atoms with van der Waals surface area (Å²) < 4.78 is 7.17. The normalized spacial score (nSPS) is 14.6. The van der Waals surface area contributed by atoms with E-state index in [0.29, 0.717) is 24.7 Å². The fraction of sp³-hybridized carbons (Fsp3) is 0.421. The molecule has 1 aliphatic carbocycles. The van der Waals surface area contributed by atoms with Crippen LogP contribution in [0.25, 0.3) is 16.8 Å². The molecule has 27 heavy (non-hydrogen) atoms. The first-order valence-electron chi connectivity index (χ1n) is 9.20. The number of benzene rings is 1. The van der Waals surface area contributed by atoms with Crippen molar-refractivity contribution < 1.29 is 9.53 Å². The van der Waals surface area contributed by atoms with Gasteiger partial charge in [-0.2, -0.15) is 0 Å². The molecule has 1 N–H and O–H groups in total. The molecule has 142 valence electrons. The third-order valence-electron chi connectivity index (χ3n) is 4.76. The highest BCUT2D eigenvalue weighted by Crippen LogP contribution is 2.25. The lowest BCUT2D eigenvalue weighted by molar-refractivity contribution is -0.127. The smallest absolute Gasteiger partial charge is 0.237 e. The Hall–Kier alpha value is -2.32. The average molecular weight is 385 g/mol. The number of hydrogen-bond donors (Lipinski definition) is 1. The van der Waals surface area contributed by atoms with Crippen molar-refractivity contribution in [2.45, 2.75) is 30.8 Å². The molecule has 1 aromatic carbocycles. The molecule has 7 nitrogen and oxygen atoms in total. The Labute approximate surface area is 161 Å². The highest BCUT2D eigenvalue weighted by Gasteiger charge is 2.21. The van der Waals surface area contributed by atoms with Gasteiger partial charge in [-0.3, -0.25) is 9.20 Å². The number of amides is 1. The molecule has 0 fully saturated rings. The number of hydrogen-bond acceptors (Lipinski definition) is 5. The van der Waals surface area contributed by atoms with Crippen LogP contribution in [0.3, 0.4) is 0 Å². The number of nitrogens with zero attached hydrogens (tertiary/aromatic N) is 4. The van der Waals surface area contributed by atoms with E-state index in [1.54, 1.807) is 7.11 Å². The number of imidazole rings is 1. The molecule has 0 saturated heterocycles. The summed E-state index contributed by atoms with van der Waals surface area (Å²) in [6.07, 6.45) is 6.53. The van der Waals surface area contributed by atoms with Crippen LogP contribution in [-0.4, -0.2) is 56.4 Å². The van der Waals surface area contributed by atoms with Crippen molar-refractivity contribution in [3.05, 3.63) is 36.0 Å². The van der Waals surface area contributed by atoms with Crippen molar-refractivity contribution in [1.29, 1.82) is 0 Å². The Bertz CT molecular complexity index is 977. The summed E-state index contributed by atoms with van der Waals surface area (Å²) in [4.78, 5) is 19.3. The van der Waals surface area contributed by atoms with Crippen molar-refractivity contribution in [2.75, 3.05) is 26.0 Å². The number of thioether (sulfide) groups is 1. The van der Waals surface area contributed by atoms with Crippen molar-refractivity contribution in [2.24, 2.45) is 0 Å². The number of nitrogens with one attached hydrogen (secondary N) is 1. The van der Waals surface area contributed by atoms with Gasteiger partial charge in [0.1, 0.15) is 0 Å². The number of H-pyrrole nitrogens is 1. The molecule has 0 saturated carbocycles. The number of para-hydroxylation sites is 2. The molecule has 0 radical (unpaired) electrons. The molecular formula is C19H23N5O2S. The van der Waals surface area contributed by atoms with Gasteiger partial charge in [0.05, 0.1) is 23.4 Å². The van der Waals surface area contributed by atoms with Gasteiger partial charge in [-0.05, 0) is 37.8 Å². The second kappa shape index (κ2) is 8.14. The summed E-state index contributed by atoms with van der Waals surface area (Å²) >= 11 is 1.43. The fourth-order valence-corrected chi connectivity index (χ4v) is 4.25. The highest BCUT2D eigenvalue weighted by atomic mass is 32.2. The van der Waals surface area contributed by atoms with Gasteiger partial charge in [0.25, 0.3) is 0 Å². The minimum atomic E-state index is 0.0887. The maximum Gasteiger partial charge on any atom is 0.237 e. The first-order chi connectivity index (χ1) is 13.3. The molecule has 1 aliphatic rings. The Morgan fingerprint density at radius 1 is 1.37 bits per heavy atom. The monoisotopic (exact) mass is 385 g/mol. The quantitative estimate of drug-likeness (QED) is 0.632. The number of carbonyl (C=O) groups is 1. The largest absolute Gasteiger partial charge is 0.383 e. The summed E-state index contributed by atoms with van der Waals surface area (Å²) in [5.41, 5.74) is 3.03. The van der Waals surface area contributed by atoms with Gasteiger partial charge in [0, 0.05) is 19.4 Å². The minimum absolute atomic E-state index is 0.0887. The fourth-order valence-electron chi connectivity index (χ4n) is 3.42.